The first-order valence-corrected chi connectivity index (χ1v) is 15.8. The molecule has 2 saturated heterocycles. The maximum atomic E-state index is 11.5. The molecule has 0 radical (unpaired) electrons. The molecule has 0 amide bonds. The molecule has 45 heavy (non-hydrogen) atoms. The zero-order valence-corrected chi connectivity index (χ0v) is 26.3. The van der Waals surface area contributed by atoms with Crippen LogP contribution in [-0.2, 0) is 38.2 Å². The van der Waals surface area contributed by atoms with Crippen LogP contribution in [-0.4, -0.2) is 17.3 Å². The van der Waals surface area contributed by atoms with Crippen LogP contribution in [0.5, 0.6) is 5.75 Å². The van der Waals surface area contributed by atoms with E-state index in [9.17, 15) is 5.11 Å². The third-order valence-electron chi connectivity index (χ3n) is 10.7. The summed E-state index contributed by atoms with van der Waals surface area (Å²) in [6, 6.07) is 29.8. The fourth-order valence-electron chi connectivity index (χ4n) is 9.00. The van der Waals surface area contributed by atoms with Gasteiger partial charge in [0.25, 0.3) is 5.79 Å². The van der Waals surface area contributed by atoms with Crippen LogP contribution in [0.1, 0.15) is 51.3 Å². The molecule has 0 bridgehead atoms. The summed E-state index contributed by atoms with van der Waals surface area (Å²) in [5.41, 5.74) is 3.99. The Morgan fingerprint density at radius 1 is 0.667 bits per heavy atom. The number of fused-ring (bicyclic) bond motifs is 12. The van der Waals surface area contributed by atoms with E-state index in [1.807, 2.05) is 6.07 Å². The molecule has 6 aromatic carbocycles. The Kier molecular flexibility index (Phi) is 5.36. The minimum Gasteiger partial charge on any atom is -0.508 e. The lowest BCUT2D eigenvalue weighted by atomic mass is 9.57. The molecule has 3 aliphatic heterocycles. The van der Waals surface area contributed by atoms with Crippen LogP contribution in [0.15, 0.2) is 84.9 Å². The number of hydrogen-bond donors (Lipinski definition) is 1. The van der Waals surface area contributed by atoms with Gasteiger partial charge in [-0.3, -0.25) is 0 Å². The molecule has 0 aromatic heterocycles. The molecule has 2 fully saturated rings. The Morgan fingerprint density at radius 3 is 1.96 bits per heavy atom. The van der Waals surface area contributed by atoms with Crippen molar-refractivity contribution in [3.8, 4) is 16.9 Å². The van der Waals surface area contributed by atoms with Gasteiger partial charge < -0.3 is 14.6 Å². The summed E-state index contributed by atoms with van der Waals surface area (Å²) in [6.07, 6.45) is 0. The maximum Gasteiger partial charge on any atom is 0.262 e. The van der Waals surface area contributed by atoms with Gasteiger partial charge >= 0.3 is 0 Å². The normalized spacial score (nSPS) is 23.9. The van der Waals surface area contributed by atoms with Crippen LogP contribution >= 0.6 is 0 Å². The Labute approximate surface area is 262 Å². The van der Waals surface area contributed by atoms with Gasteiger partial charge in [0.2, 0.25) is 0 Å². The number of aromatic hydroxyl groups is 1. The van der Waals surface area contributed by atoms with Crippen molar-refractivity contribution in [3.05, 3.63) is 102 Å². The summed E-state index contributed by atoms with van der Waals surface area (Å²) in [7, 11) is 0. The van der Waals surface area contributed by atoms with E-state index < -0.39 is 11.4 Å². The van der Waals surface area contributed by atoms with Crippen molar-refractivity contribution in [3.63, 3.8) is 0 Å². The Hall–Kier alpha value is -4.00. The van der Waals surface area contributed by atoms with E-state index in [2.05, 4.69) is 107 Å². The zero-order chi connectivity index (χ0) is 30.9. The molecule has 6 aromatic rings. The van der Waals surface area contributed by atoms with E-state index >= 15 is 0 Å². The van der Waals surface area contributed by atoms with Crippen molar-refractivity contribution in [2.24, 2.45) is 10.8 Å². The van der Waals surface area contributed by atoms with Crippen molar-refractivity contribution < 1.29 is 24.4 Å². The highest BCUT2D eigenvalue weighted by Crippen LogP contribution is 2.70. The van der Waals surface area contributed by atoms with E-state index in [0.29, 0.717) is 19.8 Å². The van der Waals surface area contributed by atoms with E-state index in [-0.39, 0.29) is 16.6 Å². The maximum absolute atomic E-state index is 11.5. The first kappa shape index (κ1) is 27.3. The van der Waals surface area contributed by atoms with E-state index in [1.54, 1.807) is 6.07 Å². The SMILES string of the molecule is CC(C)(C)C12OOC1(c1cc(O)cc3c1ccc1ccc4c(c13)-c1c(ccc3ccc5ccccc5c13)COC4)OCC2(C)C. The molecular weight excluding hydrogens is 560 g/mol. The van der Waals surface area contributed by atoms with Crippen LogP contribution in [0.2, 0.25) is 0 Å². The smallest absolute Gasteiger partial charge is 0.262 e. The van der Waals surface area contributed by atoms with Gasteiger partial charge in [-0.2, -0.15) is 4.89 Å². The van der Waals surface area contributed by atoms with Gasteiger partial charge in [-0.25, -0.2) is 4.89 Å². The van der Waals surface area contributed by atoms with Crippen molar-refractivity contribution in [1.82, 2.24) is 0 Å². The summed E-state index contributed by atoms with van der Waals surface area (Å²) in [6.45, 7) is 12.4. The summed E-state index contributed by atoms with van der Waals surface area (Å²) < 4.78 is 13.0. The number of phenols is 1. The van der Waals surface area contributed by atoms with Gasteiger partial charge in [0.1, 0.15) is 5.75 Å². The van der Waals surface area contributed by atoms with E-state index in [4.69, 9.17) is 19.2 Å². The Balaban J connectivity index is 1.43. The van der Waals surface area contributed by atoms with Crippen LogP contribution < -0.4 is 0 Å². The van der Waals surface area contributed by atoms with Gasteiger partial charge in [-0.05, 0) is 77.5 Å². The molecule has 1 N–H and O–H groups in total. The first-order valence-electron chi connectivity index (χ1n) is 15.8. The molecular formula is C40H36O5. The van der Waals surface area contributed by atoms with Crippen LogP contribution in [0, 0.1) is 10.8 Å². The highest BCUT2D eigenvalue weighted by Gasteiger charge is 2.81. The second kappa shape index (κ2) is 8.83. The van der Waals surface area contributed by atoms with Crippen LogP contribution in [0.25, 0.3) is 54.2 Å². The van der Waals surface area contributed by atoms with Gasteiger partial charge in [0.15, 0.2) is 5.60 Å². The minimum atomic E-state index is -1.17. The number of hydrogen-bond acceptors (Lipinski definition) is 5. The van der Waals surface area contributed by atoms with E-state index in [0.717, 1.165) is 43.8 Å². The molecule has 3 heterocycles. The lowest BCUT2D eigenvalue weighted by Crippen LogP contribution is -2.73. The van der Waals surface area contributed by atoms with Crippen molar-refractivity contribution in [2.45, 2.75) is 59.2 Å². The van der Waals surface area contributed by atoms with Crippen molar-refractivity contribution in [1.29, 1.82) is 0 Å². The fraction of sp³-hybridized carbons (Fsp3) is 0.300. The molecule has 2 unspecified atom stereocenters. The van der Waals surface area contributed by atoms with Crippen molar-refractivity contribution >= 4 is 43.1 Å². The Bertz CT molecular complexity index is 2240. The summed E-state index contributed by atoms with van der Waals surface area (Å²) >= 11 is 0. The Morgan fingerprint density at radius 2 is 1.29 bits per heavy atom. The van der Waals surface area contributed by atoms with Gasteiger partial charge in [-0.1, -0.05) is 107 Å². The number of rotatable bonds is 1. The highest BCUT2D eigenvalue weighted by atomic mass is 17.3. The third-order valence-corrected chi connectivity index (χ3v) is 10.7. The fourth-order valence-corrected chi connectivity index (χ4v) is 9.00. The van der Waals surface area contributed by atoms with Gasteiger partial charge in [0.05, 0.1) is 19.8 Å². The standard InChI is InChI=1S/C40H36O5/c1-37(2,3)40-38(4,5)22-43-39(40,44-45-40)32-19-28(41)18-31-30(32)17-16-25-13-15-27-21-42-20-26-14-12-24-11-10-23-8-6-7-9-29(23)33(24)35(26)36(27)34(25)31/h6-19,41H,20-22H2,1-5H3. The number of phenolic OH excluding ortho intramolecular Hbond substituents is 1. The largest absolute Gasteiger partial charge is 0.508 e. The third kappa shape index (κ3) is 3.31. The second-order valence-electron chi connectivity index (χ2n) is 14.7. The molecule has 226 valence electrons. The number of ether oxygens (including phenoxy) is 2. The van der Waals surface area contributed by atoms with Gasteiger partial charge in [0, 0.05) is 16.4 Å². The lowest BCUT2D eigenvalue weighted by molar-refractivity contribution is -0.626. The highest BCUT2D eigenvalue weighted by molar-refractivity contribution is 6.22. The monoisotopic (exact) mass is 596 g/mol. The molecule has 2 atom stereocenters. The van der Waals surface area contributed by atoms with E-state index in [1.165, 1.54) is 27.1 Å². The molecule has 0 aliphatic carbocycles. The molecule has 5 heteroatoms. The quantitative estimate of drug-likeness (QED) is 0.151. The van der Waals surface area contributed by atoms with Crippen LogP contribution in [0.3, 0.4) is 0 Å². The average Bonchev–Trinajstić information content (AvgIpc) is 3.09. The lowest BCUT2D eigenvalue weighted by Gasteiger charge is -2.61. The predicted molar refractivity (Wildman–Crippen MR) is 178 cm³/mol. The van der Waals surface area contributed by atoms with Crippen molar-refractivity contribution in [2.75, 3.05) is 6.61 Å². The average molecular weight is 597 g/mol. The topological polar surface area (TPSA) is 57.2 Å². The van der Waals surface area contributed by atoms with Crippen LogP contribution in [0.4, 0.5) is 0 Å². The first-order chi connectivity index (χ1) is 21.6. The molecule has 3 aliphatic rings. The minimum absolute atomic E-state index is 0.164. The van der Waals surface area contributed by atoms with Gasteiger partial charge in [-0.15, -0.1) is 0 Å². The molecule has 0 spiro atoms. The molecule has 5 nitrogen and oxygen atoms in total. The summed E-state index contributed by atoms with van der Waals surface area (Å²) in [5.74, 6) is -1.01. The zero-order valence-electron chi connectivity index (χ0n) is 26.3. The molecule has 9 rings (SSSR count). The summed E-state index contributed by atoms with van der Waals surface area (Å²) in [5, 5.41) is 20.4. The molecule has 0 saturated carbocycles. The second-order valence-corrected chi connectivity index (χ2v) is 14.7. The predicted octanol–water partition coefficient (Wildman–Crippen LogP) is 9.66. The number of benzene rings is 6. The summed E-state index contributed by atoms with van der Waals surface area (Å²) in [4.78, 5) is 12.3.